The molecule has 0 aliphatic carbocycles. The van der Waals surface area contributed by atoms with Gasteiger partial charge in [-0.05, 0) is 31.0 Å². The van der Waals surface area contributed by atoms with E-state index in [-0.39, 0.29) is 16.9 Å². The molecule has 12 heavy (non-hydrogen) atoms. The van der Waals surface area contributed by atoms with Gasteiger partial charge in [-0.15, -0.1) is 0 Å². The lowest BCUT2D eigenvalue weighted by atomic mass is 10.1. The van der Waals surface area contributed by atoms with E-state index in [0.717, 1.165) is 12.0 Å². The maximum Gasteiger partial charge on any atom is 0.141 e. The van der Waals surface area contributed by atoms with Crippen LogP contribution in [-0.2, 0) is 6.42 Å². The molecular formula is C9H11ClFN. The van der Waals surface area contributed by atoms with Gasteiger partial charge in [-0.2, -0.15) is 0 Å². The Kier molecular flexibility index (Phi) is 3.06. The Balaban J connectivity index is 2.82. The van der Waals surface area contributed by atoms with Crippen LogP contribution in [0.25, 0.3) is 0 Å². The zero-order valence-corrected chi connectivity index (χ0v) is 7.61. The SMILES string of the molecule is C[C@@H](N)Cc1ccc(F)c(Cl)c1. The number of rotatable bonds is 2. The fraction of sp³-hybridized carbons (Fsp3) is 0.333. The van der Waals surface area contributed by atoms with Gasteiger partial charge >= 0.3 is 0 Å². The number of halogens is 2. The van der Waals surface area contributed by atoms with Gasteiger partial charge in [-0.3, -0.25) is 0 Å². The summed E-state index contributed by atoms with van der Waals surface area (Å²) in [6.45, 7) is 1.90. The van der Waals surface area contributed by atoms with Crippen molar-refractivity contribution in [1.82, 2.24) is 0 Å². The van der Waals surface area contributed by atoms with Crippen LogP contribution in [0.4, 0.5) is 4.39 Å². The first-order valence-electron chi connectivity index (χ1n) is 3.79. The van der Waals surface area contributed by atoms with Crippen molar-refractivity contribution < 1.29 is 4.39 Å². The van der Waals surface area contributed by atoms with Crippen LogP contribution in [0.5, 0.6) is 0 Å². The first kappa shape index (κ1) is 9.49. The second-order valence-electron chi connectivity index (χ2n) is 2.93. The largest absolute Gasteiger partial charge is 0.328 e. The third kappa shape index (κ3) is 2.47. The number of nitrogens with two attached hydrogens (primary N) is 1. The predicted molar refractivity (Wildman–Crippen MR) is 48.8 cm³/mol. The van der Waals surface area contributed by atoms with Crippen molar-refractivity contribution in [3.05, 3.63) is 34.6 Å². The van der Waals surface area contributed by atoms with Crippen LogP contribution < -0.4 is 5.73 Å². The van der Waals surface area contributed by atoms with Crippen molar-refractivity contribution in [3.8, 4) is 0 Å². The van der Waals surface area contributed by atoms with E-state index in [1.165, 1.54) is 6.07 Å². The average molecular weight is 188 g/mol. The summed E-state index contributed by atoms with van der Waals surface area (Å²) in [5.41, 5.74) is 6.54. The summed E-state index contributed by atoms with van der Waals surface area (Å²) in [5.74, 6) is -0.384. The van der Waals surface area contributed by atoms with Gasteiger partial charge in [0.15, 0.2) is 0 Å². The Hall–Kier alpha value is -0.600. The summed E-state index contributed by atoms with van der Waals surface area (Å²) in [6.07, 6.45) is 0.722. The van der Waals surface area contributed by atoms with E-state index in [2.05, 4.69) is 0 Å². The minimum absolute atomic E-state index is 0.0755. The second kappa shape index (κ2) is 3.87. The van der Waals surface area contributed by atoms with Gasteiger partial charge < -0.3 is 5.73 Å². The van der Waals surface area contributed by atoms with Gasteiger partial charge in [0.1, 0.15) is 5.82 Å². The molecule has 0 bridgehead atoms. The average Bonchev–Trinajstić information content (AvgIpc) is 1.96. The lowest BCUT2D eigenvalue weighted by Gasteiger charge is -2.05. The molecule has 1 aromatic carbocycles. The van der Waals surface area contributed by atoms with E-state index in [1.807, 2.05) is 6.92 Å². The molecule has 2 N–H and O–H groups in total. The van der Waals surface area contributed by atoms with Crippen LogP contribution in [0.1, 0.15) is 12.5 Å². The molecule has 0 spiro atoms. The van der Waals surface area contributed by atoms with Crippen LogP contribution >= 0.6 is 11.6 Å². The highest BCUT2D eigenvalue weighted by molar-refractivity contribution is 6.30. The van der Waals surface area contributed by atoms with Crippen molar-refractivity contribution in [1.29, 1.82) is 0 Å². The normalized spacial score (nSPS) is 13.0. The highest BCUT2D eigenvalue weighted by Crippen LogP contribution is 2.16. The standard InChI is InChI=1S/C9H11ClFN/c1-6(12)4-7-2-3-9(11)8(10)5-7/h2-3,5-6H,4,12H2,1H3/t6-/m1/s1. The third-order valence-corrected chi connectivity index (χ3v) is 1.83. The van der Waals surface area contributed by atoms with Crippen molar-refractivity contribution in [2.45, 2.75) is 19.4 Å². The molecule has 0 aliphatic rings. The molecular weight excluding hydrogens is 177 g/mol. The first-order chi connectivity index (χ1) is 5.59. The topological polar surface area (TPSA) is 26.0 Å². The van der Waals surface area contributed by atoms with Crippen molar-refractivity contribution in [3.63, 3.8) is 0 Å². The lowest BCUT2D eigenvalue weighted by molar-refractivity contribution is 0.626. The summed E-state index contributed by atoms with van der Waals surface area (Å²) in [5, 5.41) is 0.160. The highest BCUT2D eigenvalue weighted by atomic mass is 35.5. The maximum absolute atomic E-state index is 12.7. The van der Waals surface area contributed by atoms with Gasteiger partial charge in [0.2, 0.25) is 0 Å². The van der Waals surface area contributed by atoms with Crippen LogP contribution in [0.2, 0.25) is 5.02 Å². The van der Waals surface area contributed by atoms with E-state index in [0.29, 0.717) is 0 Å². The molecule has 0 saturated carbocycles. The Bertz CT molecular complexity index is 273. The summed E-state index contributed by atoms with van der Waals surface area (Å²) < 4.78 is 12.7. The molecule has 66 valence electrons. The first-order valence-corrected chi connectivity index (χ1v) is 4.17. The van der Waals surface area contributed by atoms with E-state index in [4.69, 9.17) is 17.3 Å². The van der Waals surface area contributed by atoms with Gasteiger partial charge in [0, 0.05) is 6.04 Å². The predicted octanol–water partition coefficient (Wildman–Crippen LogP) is 2.37. The van der Waals surface area contributed by atoms with E-state index >= 15 is 0 Å². The van der Waals surface area contributed by atoms with E-state index in [9.17, 15) is 4.39 Å². The van der Waals surface area contributed by atoms with Gasteiger partial charge in [0.05, 0.1) is 5.02 Å². The molecule has 0 aliphatic heterocycles. The molecule has 0 amide bonds. The highest BCUT2D eigenvalue weighted by Gasteiger charge is 2.02. The minimum Gasteiger partial charge on any atom is -0.328 e. The number of hydrogen-bond acceptors (Lipinski definition) is 1. The van der Waals surface area contributed by atoms with Gasteiger partial charge in [-0.1, -0.05) is 17.7 Å². The fourth-order valence-electron chi connectivity index (χ4n) is 1.04. The summed E-state index contributed by atoms with van der Waals surface area (Å²) in [4.78, 5) is 0. The number of benzene rings is 1. The fourth-order valence-corrected chi connectivity index (χ4v) is 1.24. The van der Waals surface area contributed by atoms with Crippen molar-refractivity contribution in [2.75, 3.05) is 0 Å². The Labute approximate surface area is 76.3 Å². The van der Waals surface area contributed by atoms with Crippen LogP contribution in [0.15, 0.2) is 18.2 Å². The molecule has 1 rings (SSSR count). The monoisotopic (exact) mass is 187 g/mol. The zero-order chi connectivity index (χ0) is 9.14. The molecule has 0 fully saturated rings. The smallest absolute Gasteiger partial charge is 0.141 e. The van der Waals surface area contributed by atoms with Gasteiger partial charge in [0.25, 0.3) is 0 Å². The van der Waals surface area contributed by atoms with Gasteiger partial charge in [-0.25, -0.2) is 4.39 Å². The molecule has 3 heteroatoms. The van der Waals surface area contributed by atoms with Crippen LogP contribution in [-0.4, -0.2) is 6.04 Å². The zero-order valence-electron chi connectivity index (χ0n) is 6.85. The second-order valence-corrected chi connectivity index (χ2v) is 3.34. The lowest BCUT2D eigenvalue weighted by Crippen LogP contribution is -2.17. The Morgan fingerprint density at radius 1 is 1.58 bits per heavy atom. The van der Waals surface area contributed by atoms with Crippen LogP contribution in [0, 0.1) is 5.82 Å². The molecule has 0 saturated heterocycles. The third-order valence-electron chi connectivity index (χ3n) is 1.54. The molecule has 0 unspecified atom stereocenters. The molecule has 1 nitrogen and oxygen atoms in total. The van der Waals surface area contributed by atoms with Crippen molar-refractivity contribution in [2.24, 2.45) is 5.73 Å². The molecule has 1 atom stereocenters. The molecule has 0 heterocycles. The Morgan fingerprint density at radius 2 is 2.25 bits per heavy atom. The summed E-state index contributed by atoms with van der Waals surface area (Å²) >= 11 is 5.58. The minimum atomic E-state index is -0.384. The van der Waals surface area contributed by atoms with Crippen molar-refractivity contribution >= 4 is 11.6 Å². The molecule has 1 aromatic rings. The molecule has 0 radical (unpaired) electrons. The molecule has 0 aromatic heterocycles. The summed E-state index contributed by atoms with van der Waals surface area (Å²) in [7, 11) is 0. The number of hydrogen-bond donors (Lipinski definition) is 1. The summed E-state index contributed by atoms with van der Waals surface area (Å²) in [6, 6.07) is 4.75. The quantitative estimate of drug-likeness (QED) is 0.756. The van der Waals surface area contributed by atoms with Crippen LogP contribution in [0.3, 0.4) is 0 Å². The maximum atomic E-state index is 12.7. The van der Waals surface area contributed by atoms with E-state index < -0.39 is 0 Å². The van der Waals surface area contributed by atoms with E-state index in [1.54, 1.807) is 12.1 Å². The Morgan fingerprint density at radius 3 is 2.75 bits per heavy atom.